The van der Waals surface area contributed by atoms with Gasteiger partial charge in [-0.25, -0.2) is 0 Å². The van der Waals surface area contributed by atoms with E-state index in [1.165, 1.54) is 0 Å². The molecule has 1 atom stereocenters. The van der Waals surface area contributed by atoms with Crippen LogP contribution in [0.25, 0.3) is 0 Å². The Bertz CT molecular complexity index is 564. The number of hydrogen-bond donors (Lipinski definition) is 1. The molecule has 120 valence electrons. The van der Waals surface area contributed by atoms with Gasteiger partial charge in [0, 0.05) is 31.6 Å². The van der Waals surface area contributed by atoms with E-state index in [1.807, 2.05) is 0 Å². The highest BCUT2D eigenvalue weighted by Gasteiger charge is 2.31. The normalized spacial score (nSPS) is 17.5. The van der Waals surface area contributed by atoms with E-state index >= 15 is 0 Å². The number of likely N-dealkylation sites (tertiary alicyclic amines) is 1. The summed E-state index contributed by atoms with van der Waals surface area (Å²) < 4.78 is 10.4. The van der Waals surface area contributed by atoms with Crippen molar-refractivity contribution in [3.63, 3.8) is 0 Å². The molecular weight excluding hydrogens is 308 g/mol. The quantitative estimate of drug-likeness (QED) is 0.809. The predicted molar refractivity (Wildman–Crippen MR) is 83.2 cm³/mol. The molecule has 2 rings (SSSR count). The van der Waals surface area contributed by atoms with E-state index in [2.05, 4.69) is 5.32 Å². The Morgan fingerprint density at radius 3 is 2.91 bits per heavy atom. The van der Waals surface area contributed by atoms with Crippen molar-refractivity contribution < 1.29 is 19.1 Å². The standard InChI is InChI=1S/C15H19ClN2O4/c1-18-8-6-13(15(18)20)22-14(19)5-7-17-11-9-10(16)3-4-12(11)21-2/h3-4,9,13,17H,5-8H2,1-2H3. The van der Waals surface area contributed by atoms with Gasteiger partial charge in [-0.1, -0.05) is 11.6 Å². The van der Waals surface area contributed by atoms with E-state index in [-0.39, 0.29) is 12.3 Å². The highest BCUT2D eigenvalue weighted by molar-refractivity contribution is 6.30. The average molecular weight is 327 g/mol. The number of hydrogen-bond acceptors (Lipinski definition) is 5. The maximum absolute atomic E-state index is 11.8. The number of halogens is 1. The number of rotatable bonds is 6. The van der Waals surface area contributed by atoms with Gasteiger partial charge in [-0.15, -0.1) is 0 Å². The molecule has 1 aliphatic rings. The lowest BCUT2D eigenvalue weighted by Gasteiger charge is -2.13. The molecule has 1 fully saturated rings. The van der Waals surface area contributed by atoms with Gasteiger partial charge in [0.25, 0.3) is 5.91 Å². The van der Waals surface area contributed by atoms with Crippen LogP contribution in [0.5, 0.6) is 5.75 Å². The molecule has 22 heavy (non-hydrogen) atoms. The second-order valence-corrected chi connectivity index (χ2v) is 5.48. The molecule has 6 nitrogen and oxygen atoms in total. The van der Waals surface area contributed by atoms with Crippen LogP contribution in [0.1, 0.15) is 12.8 Å². The third kappa shape index (κ3) is 4.04. The van der Waals surface area contributed by atoms with E-state index in [0.717, 1.165) is 0 Å². The molecule has 0 aliphatic carbocycles. The summed E-state index contributed by atoms with van der Waals surface area (Å²) in [6.45, 7) is 0.987. The third-order valence-corrected chi connectivity index (χ3v) is 3.69. The molecule has 7 heteroatoms. The lowest BCUT2D eigenvalue weighted by atomic mass is 10.2. The monoisotopic (exact) mass is 326 g/mol. The lowest BCUT2D eigenvalue weighted by Crippen LogP contribution is -2.29. The van der Waals surface area contributed by atoms with E-state index < -0.39 is 12.1 Å². The summed E-state index contributed by atoms with van der Waals surface area (Å²) in [5, 5.41) is 3.65. The molecule has 0 saturated carbocycles. The fourth-order valence-electron chi connectivity index (χ4n) is 2.23. The number of esters is 1. The molecule has 0 aromatic heterocycles. The molecule has 1 N–H and O–H groups in total. The Balaban J connectivity index is 1.80. The Morgan fingerprint density at radius 1 is 1.50 bits per heavy atom. The van der Waals surface area contributed by atoms with Gasteiger partial charge in [0.2, 0.25) is 0 Å². The number of likely N-dealkylation sites (N-methyl/N-ethyl adjacent to an activating group) is 1. The Kier molecular flexibility index (Phi) is 5.49. The van der Waals surface area contributed by atoms with Gasteiger partial charge < -0.3 is 19.7 Å². The number of carbonyl (C=O) groups is 2. The van der Waals surface area contributed by atoms with Crippen LogP contribution in [0, 0.1) is 0 Å². The second kappa shape index (κ2) is 7.35. The number of ether oxygens (including phenoxy) is 2. The predicted octanol–water partition coefficient (Wildman–Crippen LogP) is 1.92. The number of benzene rings is 1. The highest BCUT2D eigenvalue weighted by atomic mass is 35.5. The Hall–Kier alpha value is -1.95. The fraction of sp³-hybridized carbons (Fsp3) is 0.467. The summed E-state index contributed by atoms with van der Waals surface area (Å²) in [7, 11) is 3.26. The number of amides is 1. The molecule has 1 amide bonds. The van der Waals surface area contributed by atoms with Crippen molar-refractivity contribution in [3.05, 3.63) is 23.2 Å². The summed E-state index contributed by atoms with van der Waals surface area (Å²) in [4.78, 5) is 25.0. The minimum absolute atomic E-state index is 0.141. The summed E-state index contributed by atoms with van der Waals surface area (Å²) in [6.07, 6.45) is 0.0676. The Morgan fingerprint density at radius 2 is 2.27 bits per heavy atom. The van der Waals surface area contributed by atoms with Crippen molar-refractivity contribution in [2.24, 2.45) is 0 Å². The number of nitrogens with zero attached hydrogens (tertiary/aromatic N) is 1. The van der Waals surface area contributed by atoms with Crippen LogP contribution in [0.3, 0.4) is 0 Å². The minimum atomic E-state index is -0.641. The molecule has 1 heterocycles. The zero-order valence-corrected chi connectivity index (χ0v) is 13.4. The van der Waals surface area contributed by atoms with Crippen molar-refractivity contribution in [2.45, 2.75) is 18.9 Å². The molecule has 1 aromatic rings. The van der Waals surface area contributed by atoms with Gasteiger partial charge in [0.05, 0.1) is 19.2 Å². The van der Waals surface area contributed by atoms with Crippen molar-refractivity contribution in [1.82, 2.24) is 4.90 Å². The molecule has 1 unspecified atom stereocenters. The molecule has 1 aliphatic heterocycles. The summed E-state index contributed by atoms with van der Waals surface area (Å²) in [5.41, 5.74) is 0.708. The molecule has 0 spiro atoms. The van der Waals surface area contributed by atoms with E-state index in [0.29, 0.717) is 36.0 Å². The van der Waals surface area contributed by atoms with Crippen molar-refractivity contribution >= 4 is 29.2 Å². The number of carbonyl (C=O) groups excluding carboxylic acids is 2. The van der Waals surface area contributed by atoms with Gasteiger partial charge in [0.15, 0.2) is 6.10 Å². The largest absolute Gasteiger partial charge is 0.495 e. The molecular formula is C15H19ClN2O4. The summed E-state index contributed by atoms with van der Waals surface area (Å²) in [5.74, 6) is 0.102. The van der Waals surface area contributed by atoms with Gasteiger partial charge in [0.1, 0.15) is 5.75 Å². The van der Waals surface area contributed by atoms with Gasteiger partial charge >= 0.3 is 5.97 Å². The maximum Gasteiger partial charge on any atom is 0.308 e. The summed E-state index contributed by atoms with van der Waals surface area (Å²) >= 11 is 5.93. The van der Waals surface area contributed by atoms with Crippen LogP contribution < -0.4 is 10.1 Å². The van der Waals surface area contributed by atoms with Crippen molar-refractivity contribution in [1.29, 1.82) is 0 Å². The average Bonchev–Trinajstić information content (AvgIpc) is 2.79. The van der Waals surface area contributed by atoms with Crippen LogP contribution in [0.15, 0.2) is 18.2 Å². The maximum atomic E-state index is 11.8. The first-order valence-electron chi connectivity index (χ1n) is 7.03. The van der Waals surface area contributed by atoms with E-state index in [9.17, 15) is 9.59 Å². The van der Waals surface area contributed by atoms with Crippen LogP contribution in [-0.4, -0.2) is 50.1 Å². The van der Waals surface area contributed by atoms with Crippen molar-refractivity contribution in [3.8, 4) is 5.75 Å². The van der Waals surface area contributed by atoms with Crippen LogP contribution in [-0.2, 0) is 14.3 Å². The minimum Gasteiger partial charge on any atom is -0.495 e. The zero-order chi connectivity index (χ0) is 16.1. The van der Waals surface area contributed by atoms with E-state index in [4.69, 9.17) is 21.1 Å². The zero-order valence-electron chi connectivity index (χ0n) is 12.6. The molecule has 1 saturated heterocycles. The number of anilines is 1. The van der Waals surface area contributed by atoms with Gasteiger partial charge in [-0.3, -0.25) is 9.59 Å². The molecule has 0 radical (unpaired) electrons. The first-order chi connectivity index (χ1) is 10.5. The fourth-order valence-corrected chi connectivity index (χ4v) is 2.41. The first kappa shape index (κ1) is 16.4. The third-order valence-electron chi connectivity index (χ3n) is 3.46. The van der Waals surface area contributed by atoms with Gasteiger partial charge in [-0.05, 0) is 18.2 Å². The second-order valence-electron chi connectivity index (χ2n) is 5.05. The van der Waals surface area contributed by atoms with Gasteiger partial charge in [-0.2, -0.15) is 0 Å². The lowest BCUT2D eigenvalue weighted by molar-refractivity contribution is -0.155. The smallest absolute Gasteiger partial charge is 0.308 e. The number of methoxy groups -OCH3 is 1. The Labute approximate surface area is 134 Å². The van der Waals surface area contributed by atoms with E-state index in [1.54, 1.807) is 37.3 Å². The van der Waals surface area contributed by atoms with Crippen LogP contribution >= 0.6 is 11.6 Å². The number of nitrogens with one attached hydrogen (secondary N) is 1. The summed E-state index contributed by atoms with van der Waals surface area (Å²) in [6, 6.07) is 5.19. The van der Waals surface area contributed by atoms with Crippen LogP contribution in [0.4, 0.5) is 5.69 Å². The molecule has 1 aromatic carbocycles. The topological polar surface area (TPSA) is 67.9 Å². The first-order valence-corrected chi connectivity index (χ1v) is 7.41. The molecule has 0 bridgehead atoms. The SMILES string of the molecule is COc1ccc(Cl)cc1NCCC(=O)OC1CCN(C)C1=O. The highest BCUT2D eigenvalue weighted by Crippen LogP contribution is 2.27. The van der Waals surface area contributed by atoms with Crippen LogP contribution in [0.2, 0.25) is 5.02 Å². The van der Waals surface area contributed by atoms with Crippen molar-refractivity contribution in [2.75, 3.05) is 32.6 Å².